The minimum absolute atomic E-state index is 0.137. The van der Waals surface area contributed by atoms with E-state index >= 15 is 0 Å². The van der Waals surface area contributed by atoms with Crippen molar-refractivity contribution in [3.05, 3.63) is 70.4 Å². The molecule has 1 aliphatic carbocycles. The predicted octanol–water partition coefficient (Wildman–Crippen LogP) is 7.80. The van der Waals surface area contributed by atoms with Crippen LogP contribution in [0.3, 0.4) is 0 Å². The summed E-state index contributed by atoms with van der Waals surface area (Å²) in [6.07, 6.45) is 8.20. The normalized spacial score (nSPS) is 21.7. The van der Waals surface area contributed by atoms with Gasteiger partial charge in [-0.1, -0.05) is 18.5 Å². The van der Waals surface area contributed by atoms with E-state index in [0.29, 0.717) is 24.2 Å². The van der Waals surface area contributed by atoms with Gasteiger partial charge in [-0.25, -0.2) is 8.78 Å². The minimum atomic E-state index is -0.369. The molecule has 0 unspecified atom stereocenters. The number of benzene rings is 2. The SMILES string of the molecule is C[C@H](CC1CCC(c2ccnc3ccc(F)cc23)CC1)C1=Nc2cc(Cl)c(F)cc2C1. The molecule has 0 radical (unpaired) electrons. The number of fused-ring (bicyclic) bond motifs is 2. The smallest absolute Gasteiger partial charge is 0.142 e. The Labute approximate surface area is 186 Å². The molecule has 1 fully saturated rings. The van der Waals surface area contributed by atoms with Crippen molar-refractivity contribution < 1.29 is 8.78 Å². The Hall–Kier alpha value is -2.33. The first kappa shape index (κ1) is 20.6. The van der Waals surface area contributed by atoms with E-state index in [1.165, 1.54) is 17.7 Å². The van der Waals surface area contributed by atoms with Crippen LogP contribution in [0, 0.1) is 23.5 Å². The highest BCUT2D eigenvalue weighted by molar-refractivity contribution is 6.31. The molecule has 1 atom stereocenters. The number of rotatable bonds is 4. The summed E-state index contributed by atoms with van der Waals surface area (Å²) in [5, 5.41) is 1.08. The van der Waals surface area contributed by atoms with Gasteiger partial charge in [0.2, 0.25) is 0 Å². The van der Waals surface area contributed by atoms with Gasteiger partial charge in [0.25, 0.3) is 0 Å². The Bertz CT molecular complexity index is 1170. The van der Waals surface area contributed by atoms with Crippen molar-refractivity contribution in [2.75, 3.05) is 0 Å². The Morgan fingerprint density at radius 1 is 1.06 bits per heavy atom. The van der Waals surface area contributed by atoms with E-state index in [9.17, 15) is 8.78 Å². The van der Waals surface area contributed by atoms with Gasteiger partial charge in [0.15, 0.2) is 0 Å². The lowest BCUT2D eigenvalue weighted by molar-refractivity contribution is 0.296. The lowest BCUT2D eigenvalue weighted by Gasteiger charge is -2.31. The Kier molecular flexibility index (Phi) is 5.51. The van der Waals surface area contributed by atoms with E-state index in [1.54, 1.807) is 18.2 Å². The maximum Gasteiger partial charge on any atom is 0.142 e. The van der Waals surface area contributed by atoms with Crippen molar-refractivity contribution in [2.45, 2.75) is 51.4 Å². The maximum atomic E-state index is 13.8. The van der Waals surface area contributed by atoms with Crippen LogP contribution in [-0.2, 0) is 6.42 Å². The third-order valence-electron chi connectivity index (χ3n) is 7.04. The largest absolute Gasteiger partial charge is 0.257 e. The molecule has 0 spiro atoms. The minimum Gasteiger partial charge on any atom is -0.257 e. The number of hydrogen-bond acceptors (Lipinski definition) is 2. The summed E-state index contributed by atoms with van der Waals surface area (Å²) in [7, 11) is 0. The van der Waals surface area contributed by atoms with E-state index < -0.39 is 0 Å². The first-order valence-electron chi connectivity index (χ1n) is 11.1. The summed E-state index contributed by atoms with van der Waals surface area (Å²) in [5.41, 5.74) is 4.97. The average Bonchev–Trinajstić information content (AvgIpc) is 3.17. The van der Waals surface area contributed by atoms with Crippen LogP contribution in [0.15, 0.2) is 47.6 Å². The molecular formula is C26H25ClF2N2. The van der Waals surface area contributed by atoms with Gasteiger partial charge >= 0.3 is 0 Å². The van der Waals surface area contributed by atoms with E-state index in [1.807, 2.05) is 6.20 Å². The Morgan fingerprint density at radius 3 is 2.68 bits per heavy atom. The number of aromatic nitrogens is 1. The second-order valence-corrected chi connectivity index (χ2v) is 9.50. The van der Waals surface area contributed by atoms with Crippen molar-refractivity contribution in [3.63, 3.8) is 0 Å². The molecule has 2 aliphatic rings. The lowest BCUT2D eigenvalue weighted by atomic mass is 9.74. The summed E-state index contributed by atoms with van der Waals surface area (Å²) in [5.74, 6) is 0.904. The zero-order valence-corrected chi connectivity index (χ0v) is 18.3. The highest BCUT2D eigenvalue weighted by Crippen LogP contribution is 2.41. The van der Waals surface area contributed by atoms with Gasteiger partial charge in [0.05, 0.1) is 16.2 Å². The molecule has 2 nitrogen and oxygen atoms in total. The Morgan fingerprint density at radius 2 is 1.87 bits per heavy atom. The predicted molar refractivity (Wildman–Crippen MR) is 122 cm³/mol. The average molecular weight is 439 g/mol. The molecule has 0 N–H and O–H groups in total. The van der Waals surface area contributed by atoms with Gasteiger partial charge in [-0.3, -0.25) is 9.98 Å². The van der Waals surface area contributed by atoms with Crippen LogP contribution in [-0.4, -0.2) is 10.7 Å². The molecule has 2 aromatic carbocycles. The summed E-state index contributed by atoms with van der Waals surface area (Å²) < 4.78 is 27.6. The van der Waals surface area contributed by atoms with E-state index in [-0.39, 0.29) is 16.7 Å². The van der Waals surface area contributed by atoms with E-state index in [4.69, 9.17) is 16.6 Å². The highest BCUT2D eigenvalue weighted by Gasteiger charge is 2.28. The quantitative estimate of drug-likeness (QED) is 0.408. The summed E-state index contributed by atoms with van der Waals surface area (Å²) in [4.78, 5) is 9.14. The van der Waals surface area contributed by atoms with Gasteiger partial charge in [0, 0.05) is 23.7 Å². The van der Waals surface area contributed by atoms with Crippen LogP contribution < -0.4 is 0 Å². The maximum absolute atomic E-state index is 13.8. The van der Waals surface area contributed by atoms with Crippen molar-refractivity contribution in [3.8, 4) is 0 Å². The van der Waals surface area contributed by atoms with Crippen LogP contribution in [0.4, 0.5) is 14.5 Å². The first-order chi connectivity index (χ1) is 15.0. The molecule has 1 saturated carbocycles. The van der Waals surface area contributed by atoms with Crippen LogP contribution in [0.5, 0.6) is 0 Å². The molecule has 3 aromatic rings. The zero-order valence-electron chi connectivity index (χ0n) is 17.5. The number of nitrogens with zero attached hydrogens (tertiary/aromatic N) is 2. The molecule has 5 rings (SSSR count). The standard InChI is InChI=1S/C26H25ClF2N2/c1-15(25-12-18-11-23(29)22(27)14-26(18)31-25)10-16-2-4-17(5-3-16)20-8-9-30-24-7-6-19(28)13-21(20)24/h6-9,11,13-17H,2-5,10,12H2,1H3/t15-,16?,17?/m1/s1. The second kappa shape index (κ2) is 8.31. The number of hydrogen-bond donors (Lipinski definition) is 0. The first-order valence-corrected chi connectivity index (χ1v) is 11.4. The molecule has 0 saturated heterocycles. The van der Waals surface area contributed by atoms with Crippen LogP contribution in [0.25, 0.3) is 10.9 Å². The molecule has 2 heterocycles. The van der Waals surface area contributed by atoms with Gasteiger partial charge in [-0.05, 0) is 97.4 Å². The van der Waals surface area contributed by atoms with Crippen LogP contribution >= 0.6 is 11.6 Å². The van der Waals surface area contributed by atoms with Crippen molar-refractivity contribution in [1.82, 2.24) is 4.98 Å². The fraction of sp³-hybridized carbons (Fsp3) is 0.385. The molecule has 1 aliphatic heterocycles. The van der Waals surface area contributed by atoms with Gasteiger partial charge in [-0.15, -0.1) is 0 Å². The lowest BCUT2D eigenvalue weighted by Crippen LogP contribution is -2.20. The van der Waals surface area contributed by atoms with Crippen LogP contribution in [0.2, 0.25) is 5.02 Å². The number of halogens is 3. The zero-order chi connectivity index (χ0) is 21.5. The molecule has 160 valence electrons. The van der Waals surface area contributed by atoms with E-state index in [2.05, 4.69) is 18.0 Å². The summed E-state index contributed by atoms with van der Waals surface area (Å²) in [6.45, 7) is 2.23. The van der Waals surface area contributed by atoms with Crippen LogP contribution in [0.1, 0.15) is 56.1 Å². The molecule has 0 amide bonds. The van der Waals surface area contributed by atoms with Gasteiger partial charge in [-0.2, -0.15) is 0 Å². The Balaban J connectivity index is 1.23. The monoisotopic (exact) mass is 438 g/mol. The fourth-order valence-corrected chi connectivity index (χ4v) is 5.50. The highest BCUT2D eigenvalue weighted by atomic mass is 35.5. The number of pyridine rings is 1. The van der Waals surface area contributed by atoms with Crippen molar-refractivity contribution >= 4 is 33.9 Å². The van der Waals surface area contributed by atoms with Crippen molar-refractivity contribution in [1.29, 1.82) is 0 Å². The third-order valence-corrected chi connectivity index (χ3v) is 7.33. The summed E-state index contributed by atoms with van der Waals surface area (Å²) >= 11 is 5.92. The molecule has 1 aromatic heterocycles. The fourth-order valence-electron chi connectivity index (χ4n) is 5.34. The number of aliphatic imine (C=N–C) groups is 1. The molecule has 31 heavy (non-hydrogen) atoms. The summed E-state index contributed by atoms with van der Waals surface area (Å²) in [6, 6.07) is 10.1. The third kappa shape index (κ3) is 4.10. The van der Waals surface area contributed by atoms with Gasteiger partial charge in [0.1, 0.15) is 11.6 Å². The molecule has 0 bridgehead atoms. The topological polar surface area (TPSA) is 25.2 Å². The second-order valence-electron chi connectivity index (χ2n) is 9.09. The molecule has 5 heteroatoms. The van der Waals surface area contributed by atoms with Crippen molar-refractivity contribution in [2.24, 2.45) is 16.8 Å². The van der Waals surface area contributed by atoms with E-state index in [0.717, 1.165) is 60.0 Å². The van der Waals surface area contributed by atoms with Gasteiger partial charge < -0.3 is 0 Å². The molecular weight excluding hydrogens is 414 g/mol.